The summed E-state index contributed by atoms with van der Waals surface area (Å²) in [6, 6.07) is 4.81. The molecule has 1 aliphatic carbocycles. The van der Waals surface area contributed by atoms with Crippen molar-refractivity contribution in [3.63, 3.8) is 0 Å². The van der Waals surface area contributed by atoms with Gasteiger partial charge in [-0.3, -0.25) is 9.88 Å². The average molecular weight is 323 g/mol. The third kappa shape index (κ3) is 2.61. The van der Waals surface area contributed by atoms with E-state index in [0.717, 1.165) is 25.9 Å². The lowest BCUT2D eigenvalue weighted by atomic mass is 9.91. The highest BCUT2D eigenvalue weighted by molar-refractivity contribution is 8.00. The maximum absolute atomic E-state index is 12.3. The van der Waals surface area contributed by atoms with Crippen molar-refractivity contribution in [1.82, 2.24) is 9.88 Å². The molecule has 6 heteroatoms. The molecule has 1 aromatic heterocycles. The zero-order valence-corrected chi connectivity index (χ0v) is 13.4. The lowest BCUT2D eigenvalue weighted by Crippen LogP contribution is -2.42. The lowest BCUT2D eigenvalue weighted by Gasteiger charge is -2.33. The molecule has 3 aliphatic rings. The molecule has 0 bridgehead atoms. The van der Waals surface area contributed by atoms with E-state index in [1.54, 1.807) is 0 Å². The molecule has 22 heavy (non-hydrogen) atoms. The Hall–Kier alpha value is -0.850. The predicted octanol–water partition coefficient (Wildman–Crippen LogP) is 2.51. The van der Waals surface area contributed by atoms with Gasteiger partial charge in [0.25, 0.3) is 0 Å². The minimum Gasteiger partial charge on any atom is -0.375 e. The maximum Gasteiger partial charge on any atom is 0.131 e. The van der Waals surface area contributed by atoms with Gasteiger partial charge in [-0.25, -0.2) is 4.39 Å². The number of alkyl halides is 1. The lowest BCUT2D eigenvalue weighted by molar-refractivity contribution is 0.00977. The highest BCUT2D eigenvalue weighted by Gasteiger charge is 2.49. The predicted molar refractivity (Wildman–Crippen MR) is 86.8 cm³/mol. The molecule has 3 heterocycles. The molecule has 4 nitrogen and oxygen atoms in total. The van der Waals surface area contributed by atoms with Gasteiger partial charge in [0, 0.05) is 30.6 Å². The number of hydrogen-bond donors (Lipinski definition) is 0. The zero-order chi connectivity index (χ0) is 14.9. The van der Waals surface area contributed by atoms with Crippen LogP contribution in [0.4, 0.5) is 10.1 Å². The summed E-state index contributed by atoms with van der Waals surface area (Å²) in [5, 5.41) is 0.614. The molecule has 1 saturated carbocycles. The second-order valence-corrected chi connectivity index (χ2v) is 7.50. The van der Waals surface area contributed by atoms with Crippen LogP contribution in [0.2, 0.25) is 0 Å². The first-order valence-corrected chi connectivity index (χ1v) is 9.06. The molecule has 2 saturated heterocycles. The van der Waals surface area contributed by atoms with E-state index in [2.05, 4.69) is 32.6 Å². The summed E-state index contributed by atoms with van der Waals surface area (Å²) in [7, 11) is 0. The second-order valence-electron chi connectivity index (χ2n) is 6.21. The first-order chi connectivity index (χ1) is 10.9. The molecule has 0 amide bonds. The number of fused-ring (bicyclic) bond motifs is 3. The van der Waals surface area contributed by atoms with Crippen molar-refractivity contribution < 1.29 is 9.13 Å². The van der Waals surface area contributed by atoms with Crippen LogP contribution in [0, 0.1) is 0 Å². The third-order valence-corrected chi connectivity index (χ3v) is 6.61. The summed E-state index contributed by atoms with van der Waals surface area (Å²) in [4.78, 5) is 9.37. The topological polar surface area (TPSA) is 28.6 Å². The van der Waals surface area contributed by atoms with E-state index in [4.69, 9.17) is 4.74 Å². The molecular formula is C16H22FN3OS. The number of rotatable bonds is 4. The van der Waals surface area contributed by atoms with Gasteiger partial charge in [-0.05, 0) is 31.4 Å². The van der Waals surface area contributed by atoms with E-state index in [1.165, 1.54) is 12.1 Å². The Morgan fingerprint density at radius 2 is 2.32 bits per heavy atom. The Labute approximate surface area is 135 Å². The molecule has 0 radical (unpaired) electrons. The fourth-order valence-corrected chi connectivity index (χ4v) is 5.91. The Morgan fingerprint density at radius 1 is 1.36 bits per heavy atom. The van der Waals surface area contributed by atoms with Crippen molar-refractivity contribution in [3.8, 4) is 0 Å². The molecular weight excluding hydrogens is 301 g/mol. The van der Waals surface area contributed by atoms with Crippen molar-refractivity contribution in [2.75, 3.05) is 31.3 Å². The van der Waals surface area contributed by atoms with Gasteiger partial charge < -0.3 is 9.64 Å². The van der Waals surface area contributed by atoms with Crippen molar-refractivity contribution in [2.45, 2.75) is 42.2 Å². The van der Waals surface area contributed by atoms with Gasteiger partial charge in [0.1, 0.15) is 12.2 Å². The molecule has 2 aliphatic heterocycles. The van der Waals surface area contributed by atoms with Crippen LogP contribution in [0.25, 0.3) is 0 Å². The van der Waals surface area contributed by atoms with Crippen LogP contribution in [0.1, 0.15) is 19.3 Å². The monoisotopic (exact) mass is 323 g/mol. The van der Waals surface area contributed by atoms with E-state index in [9.17, 15) is 4.39 Å². The first-order valence-electron chi connectivity index (χ1n) is 8.12. The molecule has 4 unspecified atom stereocenters. The third-order valence-electron chi connectivity index (χ3n) is 4.99. The number of aromatic nitrogens is 1. The SMILES string of the molecule is FCCOC1CCC2C(C1)SC1N(c3cccnc3)CCN21. The second kappa shape index (κ2) is 6.34. The number of ether oxygens (including phenoxy) is 1. The number of halogens is 1. The minimum absolute atomic E-state index is 0.247. The molecule has 3 fully saturated rings. The first kappa shape index (κ1) is 14.7. The van der Waals surface area contributed by atoms with Crippen LogP contribution < -0.4 is 4.90 Å². The van der Waals surface area contributed by atoms with Gasteiger partial charge in [0.05, 0.1) is 24.6 Å². The number of nitrogens with zero attached hydrogens (tertiary/aromatic N) is 3. The van der Waals surface area contributed by atoms with Crippen LogP contribution in [0.3, 0.4) is 0 Å². The summed E-state index contributed by atoms with van der Waals surface area (Å²) in [6.45, 7) is 2.08. The molecule has 0 N–H and O–H groups in total. The summed E-state index contributed by atoms with van der Waals surface area (Å²) < 4.78 is 17.9. The summed E-state index contributed by atoms with van der Waals surface area (Å²) in [5.74, 6) is 0. The van der Waals surface area contributed by atoms with Crippen molar-refractivity contribution >= 4 is 17.4 Å². The Kier molecular flexibility index (Phi) is 4.24. The van der Waals surface area contributed by atoms with E-state index in [1.807, 2.05) is 18.5 Å². The fourth-order valence-electron chi connectivity index (χ4n) is 4.01. The maximum atomic E-state index is 12.3. The number of anilines is 1. The zero-order valence-electron chi connectivity index (χ0n) is 12.6. The molecule has 0 spiro atoms. The van der Waals surface area contributed by atoms with Gasteiger partial charge >= 0.3 is 0 Å². The molecule has 120 valence electrons. The van der Waals surface area contributed by atoms with E-state index in [0.29, 0.717) is 16.8 Å². The molecule has 0 aromatic carbocycles. The van der Waals surface area contributed by atoms with Crippen LogP contribution in [0.15, 0.2) is 24.5 Å². The normalized spacial score (nSPS) is 34.7. The highest BCUT2D eigenvalue weighted by atomic mass is 32.2. The van der Waals surface area contributed by atoms with E-state index in [-0.39, 0.29) is 19.4 Å². The Bertz CT molecular complexity index is 505. The number of pyridine rings is 1. The molecule has 4 atom stereocenters. The van der Waals surface area contributed by atoms with Gasteiger partial charge in [-0.15, -0.1) is 11.8 Å². The van der Waals surface area contributed by atoms with Crippen LogP contribution >= 0.6 is 11.8 Å². The van der Waals surface area contributed by atoms with Crippen molar-refractivity contribution in [2.24, 2.45) is 0 Å². The Morgan fingerprint density at radius 3 is 3.14 bits per heavy atom. The average Bonchev–Trinajstić information content (AvgIpc) is 3.12. The fraction of sp³-hybridized carbons (Fsp3) is 0.688. The van der Waals surface area contributed by atoms with E-state index >= 15 is 0 Å². The smallest absolute Gasteiger partial charge is 0.131 e. The standard InChI is InChI=1S/C16H22FN3OS/c17-5-9-21-13-3-4-14-15(10-13)22-16-19(7-8-20(14)16)12-2-1-6-18-11-12/h1-2,6,11,13-16H,3-5,7-10H2. The number of thioether (sulfide) groups is 1. The van der Waals surface area contributed by atoms with Gasteiger partial charge in [0.2, 0.25) is 0 Å². The van der Waals surface area contributed by atoms with Crippen molar-refractivity contribution in [1.29, 1.82) is 0 Å². The minimum atomic E-state index is -0.374. The van der Waals surface area contributed by atoms with E-state index < -0.39 is 0 Å². The van der Waals surface area contributed by atoms with Gasteiger partial charge in [-0.2, -0.15) is 0 Å². The van der Waals surface area contributed by atoms with Gasteiger partial charge in [0.15, 0.2) is 0 Å². The number of hydrogen-bond acceptors (Lipinski definition) is 5. The molecule has 1 aromatic rings. The van der Waals surface area contributed by atoms with Gasteiger partial charge in [-0.1, -0.05) is 0 Å². The van der Waals surface area contributed by atoms with Crippen LogP contribution in [-0.2, 0) is 4.74 Å². The highest BCUT2D eigenvalue weighted by Crippen LogP contribution is 2.47. The largest absolute Gasteiger partial charge is 0.375 e. The van der Waals surface area contributed by atoms with Crippen LogP contribution in [-0.4, -0.2) is 59.1 Å². The summed E-state index contributed by atoms with van der Waals surface area (Å²) in [6.07, 6.45) is 7.33. The quantitative estimate of drug-likeness (QED) is 0.849. The van der Waals surface area contributed by atoms with Crippen molar-refractivity contribution in [3.05, 3.63) is 24.5 Å². The molecule has 4 rings (SSSR count). The Balaban J connectivity index is 1.44. The summed E-state index contributed by atoms with van der Waals surface area (Å²) >= 11 is 2.06. The summed E-state index contributed by atoms with van der Waals surface area (Å²) in [5.41, 5.74) is 1.64. The van der Waals surface area contributed by atoms with Crippen LogP contribution in [0.5, 0.6) is 0 Å².